The molecule has 30 heavy (non-hydrogen) atoms. The van der Waals surface area contributed by atoms with Crippen molar-refractivity contribution in [3.63, 3.8) is 0 Å². The number of hydrogen-bond donors (Lipinski definition) is 2. The number of nitrogens with one attached hydrogen (secondary N) is 2. The highest BCUT2D eigenvalue weighted by molar-refractivity contribution is 6.35. The van der Waals surface area contributed by atoms with Gasteiger partial charge in [0, 0.05) is 38.9 Å². The molecule has 1 fully saturated rings. The number of carbonyl (C=O) groups is 1. The Morgan fingerprint density at radius 2 is 2.33 bits per heavy atom. The molecule has 2 N–H and O–H groups in total. The van der Waals surface area contributed by atoms with E-state index in [0.717, 1.165) is 31.6 Å². The van der Waals surface area contributed by atoms with E-state index in [1.54, 1.807) is 6.20 Å². The molecule has 1 aliphatic heterocycles. The SMILES string of the molecule is C=CC(=O)N1CCC[C@@H](N(C)c2nc(Nc3cnn(CC)c3)nc3[nH]nc(Cl)c23)C1. The number of piperidine rings is 1. The summed E-state index contributed by atoms with van der Waals surface area (Å²) in [7, 11) is 1.95. The second-order valence-corrected chi connectivity index (χ2v) is 7.57. The molecule has 0 saturated carbocycles. The smallest absolute Gasteiger partial charge is 0.246 e. The summed E-state index contributed by atoms with van der Waals surface area (Å²) in [4.78, 5) is 25.2. The lowest BCUT2D eigenvalue weighted by Crippen LogP contribution is -2.48. The highest BCUT2D eigenvalue weighted by Gasteiger charge is 2.28. The first-order valence-corrected chi connectivity index (χ1v) is 10.2. The largest absolute Gasteiger partial charge is 0.354 e. The number of nitrogens with zero attached hydrogens (tertiary/aromatic N) is 7. The van der Waals surface area contributed by atoms with Crippen molar-refractivity contribution in [1.82, 2.24) is 34.8 Å². The number of H-pyrrole nitrogens is 1. The van der Waals surface area contributed by atoms with Gasteiger partial charge >= 0.3 is 0 Å². The molecule has 0 aliphatic carbocycles. The summed E-state index contributed by atoms with van der Waals surface area (Å²) < 4.78 is 1.81. The van der Waals surface area contributed by atoms with Gasteiger partial charge in [0.25, 0.3) is 0 Å². The molecule has 4 heterocycles. The average Bonchev–Trinajstić information content (AvgIpc) is 3.38. The Kier molecular flexibility index (Phi) is 5.58. The van der Waals surface area contributed by atoms with Gasteiger partial charge in [-0.2, -0.15) is 20.2 Å². The molecule has 1 saturated heterocycles. The lowest BCUT2D eigenvalue weighted by atomic mass is 10.0. The van der Waals surface area contributed by atoms with E-state index in [0.29, 0.717) is 34.5 Å². The zero-order valence-corrected chi connectivity index (χ0v) is 17.7. The summed E-state index contributed by atoms with van der Waals surface area (Å²) in [5, 5.41) is 15.4. The quantitative estimate of drug-likeness (QED) is 0.579. The monoisotopic (exact) mass is 429 g/mol. The lowest BCUT2D eigenvalue weighted by molar-refractivity contribution is -0.127. The predicted octanol–water partition coefficient (Wildman–Crippen LogP) is 2.58. The second kappa shape index (κ2) is 8.31. The van der Waals surface area contributed by atoms with Crippen molar-refractivity contribution in [1.29, 1.82) is 0 Å². The first-order valence-electron chi connectivity index (χ1n) is 9.85. The predicted molar refractivity (Wildman–Crippen MR) is 116 cm³/mol. The fraction of sp³-hybridized carbons (Fsp3) is 0.421. The molecular weight excluding hydrogens is 406 g/mol. The topological polar surface area (TPSA) is 108 Å². The van der Waals surface area contributed by atoms with Gasteiger partial charge in [0.2, 0.25) is 11.9 Å². The van der Waals surface area contributed by atoms with E-state index < -0.39 is 0 Å². The zero-order valence-electron chi connectivity index (χ0n) is 17.0. The van der Waals surface area contributed by atoms with Gasteiger partial charge in [0.1, 0.15) is 11.2 Å². The van der Waals surface area contributed by atoms with Crippen LogP contribution in [-0.4, -0.2) is 66.9 Å². The summed E-state index contributed by atoms with van der Waals surface area (Å²) in [6.07, 6.45) is 6.81. The molecule has 11 heteroatoms. The van der Waals surface area contributed by atoms with Gasteiger partial charge in [0.15, 0.2) is 10.8 Å². The number of likely N-dealkylation sites (N-methyl/N-ethyl adjacent to an activating group) is 1. The Morgan fingerprint density at radius 3 is 3.07 bits per heavy atom. The molecule has 0 bridgehead atoms. The normalized spacial score (nSPS) is 16.6. The summed E-state index contributed by atoms with van der Waals surface area (Å²) in [6, 6.07) is 0.0856. The standard InChI is InChI=1S/C19H24ClN9O/c1-4-14(30)28-8-6-7-13(11-28)27(3)18-15-16(20)25-26-17(15)23-19(24-18)22-12-9-21-29(5-2)10-12/h4,9-10,13H,1,5-8,11H2,2-3H3,(H2,22,23,24,25,26)/t13-/m1/s1. The minimum atomic E-state index is -0.0578. The minimum Gasteiger partial charge on any atom is -0.354 e. The minimum absolute atomic E-state index is 0.0578. The first-order chi connectivity index (χ1) is 14.5. The molecule has 3 aromatic rings. The summed E-state index contributed by atoms with van der Waals surface area (Å²) >= 11 is 6.34. The fourth-order valence-corrected chi connectivity index (χ4v) is 3.91. The van der Waals surface area contributed by atoms with Crippen LogP contribution in [0, 0.1) is 0 Å². The van der Waals surface area contributed by atoms with Crippen molar-refractivity contribution < 1.29 is 4.79 Å². The average molecular weight is 430 g/mol. The van der Waals surface area contributed by atoms with Crippen LogP contribution in [0.1, 0.15) is 19.8 Å². The van der Waals surface area contributed by atoms with Gasteiger partial charge in [-0.1, -0.05) is 18.2 Å². The Bertz CT molecular complexity index is 1080. The van der Waals surface area contributed by atoms with Crippen LogP contribution in [-0.2, 0) is 11.3 Å². The van der Waals surface area contributed by atoms with E-state index >= 15 is 0 Å². The molecule has 4 rings (SSSR count). The van der Waals surface area contributed by atoms with E-state index in [1.807, 2.05) is 29.7 Å². The molecule has 3 aromatic heterocycles. The fourth-order valence-electron chi connectivity index (χ4n) is 3.69. The van der Waals surface area contributed by atoms with Crippen LogP contribution in [0.5, 0.6) is 0 Å². The molecule has 1 amide bonds. The van der Waals surface area contributed by atoms with Crippen molar-refractivity contribution >= 4 is 46.0 Å². The van der Waals surface area contributed by atoms with Gasteiger partial charge in [-0.3, -0.25) is 14.6 Å². The maximum Gasteiger partial charge on any atom is 0.246 e. The highest BCUT2D eigenvalue weighted by atomic mass is 35.5. The molecule has 1 atom stereocenters. The van der Waals surface area contributed by atoms with Crippen LogP contribution in [0.4, 0.5) is 17.5 Å². The zero-order chi connectivity index (χ0) is 21.3. The number of aryl methyl sites for hydroxylation is 1. The third-order valence-electron chi connectivity index (χ3n) is 5.33. The number of halogens is 1. The molecule has 0 aromatic carbocycles. The number of hydrogen-bond acceptors (Lipinski definition) is 7. The summed E-state index contributed by atoms with van der Waals surface area (Å²) in [5.74, 6) is 1.01. The van der Waals surface area contributed by atoms with Crippen LogP contribution < -0.4 is 10.2 Å². The summed E-state index contributed by atoms with van der Waals surface area (Å²) in [6.45, 7) is 7.71. The van der Waals surface area contributed by atoms with E-state index in [-0.39, 0.29) is 11.9 Å². The van der Waals surface area contributed by atoms with Crippen LogP contribution in [0.3, 0.4) is 0 Å². The van der Waals surface area contributed by atoms with E-state index in [9.17, 15) is 4.79 Å². The van der Waals surface area contributed by atoms with Crippen LogP contribution in [0.15, 0.2) is 25.0 Å². The number of aromatic nitrogens is 6. The number of likely N-dealkylation sites (tertiary alicyclic amines) is 1. The number of fused-ring (bicyclic) bond motifs is 1. The number of amides is 1. The highest BCUT2D eigenvalue weighted by Crippen LogP contribution is 2.32. The Morgan fingerprint density at radius 1 is 1.50 bits per heavy atom. The third-order valence-corrected chi connectivity index (χ3v) is 5.61. The van der Waals surface area contributed by atoms with Gasteiger partial charge in [0.05, 0.1) is 11.9 Å². The Balaban J connectivity index is 1.67. The molecule has 0 spiro atoms. The van der Waals surface area contributed by atoms with Crippen LogP contribution >= 0.6 is 11.6 Å². The first kappa shape index (κ1) is 20.1. The van der Waals surface area contributed by atoms with E-state index in [1.165, 1.54) is 6.08 Å². The number of rotatable bonds is 6. The maximum absolute atomic E-state index is 12.1. The number of carbonyl (C=O) groups excluding carboxylic acids is 1. The van der Waals surface area contributed by atoms with Gasteiger partial charge in [-0.05, 0) is 25.8 Å². The van der Waals surface area contributed by atoms with E-state index in [4.69, 9.17) is 16.6 Å². The molecule has 0 radical (unpaired) electrons. The van der Waals surface area contributed by atoms with Crippen molar-refractivity contribution in [2.24, 2.45) is 0 Å². The lowest BCUT2D eigenvalue weighted by Gasteiger charge is -2.38. The number of anilines is 3. The number of aromatic amines is 1. The van der Waals surface area contributed by atoms with Crippen molar-refractivity contribution in [3.8, 4) is 0 Å². The van der Waals surface area contributed by atoms with Crippen molar-refractivity contribution in [3.05, 3.63) is 30.2 Å². The molecular formula is C19H24ClN9O. The van der Waals surface area contributed by atoms with E-state index in [2.05, 4.69) is 37.1 Å². The summed E-state index contributed by atoms with van der Waals surface area (Å²) in [5.41, 5.74) is 1.33. The molecule has 158 valence electrons. The van der Waals surface area contributed by atoms with Crippen molar-refractivity contribution in [2.75, 3.05) is 30.4 Å². The molecule has 10 nitrogen and oxygen atoms in total. The van der Waals surface area contributed by atoms with Crippen molar-refractivity contribution in [2.45, 2.75) is 32.4 Å². The van der Waals surface area contributed by atoms with Gasteiger partial charge < -0.3 is 15.1 Å². The van der Waals surface area contributed by atoms with Crippen LogP contribution in [0.2, 0.25) is 5.15 Å². The Labute approximate surface area is 178 Å². The second-order valence-electron chi connectivity index (χ2n) is 7.21. The molecule has 0 unspecified atom stereocenters. The Hall–Kier alpha value is -3.14. The maximum atomic E-state index is 12.1. The van der Waals surface area contributed by atoms with Gasteiger partial charge in [-0.25, -0.2) is 0 Å². The third kappa shape index (κ3) is 3.82. The van der Waals surface area contributed by atoms with Gasteiger partial charge in [-0.15, -0.1) is 0 Å². The molecule has 1 aliphatic rings. The van der Waals surface area contributed by atoms with Crippen LogP contribution in [0.25, 0.3) is 11.0 Å².